The SMILES string of the molecule is CCC1=C(C(=O)OC)C(c2ccccc2F)N2C(CC(=O)NCC3CCCO3)=CSC2=N1. The lowest BCUT2D eigenvalue weighted by Crippen LogP contribution is -2.39. The zero-order chi connectivity index (χ0) is 22.7. The van der Waals surface area contributed by atoms with Crippen molar-refractivity contribution in [1.82, 2.24) is 10.2 Å². The third-order valence-electron chi connectivity index (χ3n) is 5.72. The molecule has 3 aliphatic heterocycles. The van der Waals surface area contributed by atoms with E-state index < -0.39 is 17.8 Å². The molecule has 4 rings (SSSR count). The van der Waals surface area contributed by atoms with Crippen molar-refractivity contribution < 1.29 is 23.5 Å². The molecule has 1 amide bonds. The molecule has 0 spiro atoms. The number of ether oxygens (including phenoxy) is 2. The topological polar surface area (TPSA) is 80.2 Å². The molecule has 2 atom stereocenters. The summed E-state index contributed by atoms with van der Waals surface area (Å²) in [6, 6.07) is 5.58. The molecule has 0 aliphatic carbocycles. The number of fused-ring (bicyclic) bond motifs is 1. The van der Waals surface area contributed by atoms with Crippen LogP contribution in [0.1, 0.15) is 44.2 Å². The fourth-order valence-corrected chi connectivity index (χ4v) is 5.10. The Bertz CT molecular complexity index is 1000. The first kappa shape index (κ1) is 22.5. The highest BCUT2D eigenvalue weighted by Crippen LogP contribution is 2.45. The van der Waals surface area contributed by atoms with Crippen LogP contribution in [0.4, 0.5) is 4.39 Å². The molecule has 1 aromatic carbocycles. The molecule has 2 unspecified atom stereocenters. The van der Waals surface area contributed by atoms with Crippen molar-refractivity contribution in [1.29, 1.82) is 0 Å². The molecule has 170 valence electrons. The number of esters is 1. The number of allylic oxidation sites excluding steroid dienone is 1. The normalized spacial score (nSPS) is 22.4. The van der Waals surface area contributed by atoms with Crippen molar-refractivity contribution in [3.8, 4) is 0 Å². The minimum absolute atomic E-state index is 0.0464. The lowest BCUT2D eigenvalue weighted by atomic mass is 9.92. The third kappa shape index (κ3) is 4.45. The van der Waals surface area contributed by atoms with Gasteiger partial charge in [0.05, 0.1) is 36.9 Å². The van der Waals surface area contributed by atoms with Crippen LogP contribution in [0.5, 0.6) is 0 Å². The molecule has 7 nitrogen and oxygen atoms in total. The van der Waals surface area contributed by atoms with Crippen LogP contribution >= 0.6 is 11.8 Å². The second-order valence-electron chi connectivity index (χ2n) is 7.74. The third-order valence-corrected chi connectivity index (χ3v) is 6.61. The molecule has 3 aliphatic rings. The summed E-state index contributed by atoms with van der Waals surface area (Å²) in [4.78, 5) is 31.9. The Morgan fingerprint density at radius 2 is 2.19 bits per heavy atom. The predicted molar refractivity (Wildman–Crippen MR) is 120 cm³/mol. The quantitative estimate of drug-likeness (QED) is 0.627. The number of halogens is 1. The molecule has 0 aromatic heterocycles. The Hall–Kier alpha value is -2.65. The van der Waals surface area contributed by atoms with Gasteiger partial charge >= 0.3 is 5.97 Å². The van der Waals surface area contributed by atoms with Gasteiger partial charge in [-0.2, -0.15) is 0 Å². The zero-order valence-electron chi connectivity index (χ0n) is 18.1. The van der Waals surface area contributed by atoms with E-state index in [1.54, 1.807) is 23.1 Å². The summed E-state index contributed by atoms with van der Waals surface area (Å²) in [5.74, 6) is -1.16. The van der Waals surface area contributed by atoms with E-state index in [1.165, 1.54) is 24.9 Å². The zero-order valence-corrected chi connectivity index (χ0v) is 18.9. The average Bonchev–Trinajstić information content (AvgIpc) is 3.46. The summed E-state index contributed by atoms with van der Waals surface area (Å²) in [5, 5.41) is 5.37. The van der Waals surface area contributed by atoms with Gasteiger partial charge in [-0.1, -0.05) is 36.9 Å². The first-order chi connectivity index (χ1) is 15.5. The largest absolute Gasteiger partial charge is 0.466 e. The molecule has 32 heavy (non-hydrogen) atoms. The second-order valence-corrected chi connectivity index (χ2v) is 8.57. The first-order valence-corrected chi connectivity index (χ1v) is 11.6. The van der Waals surface area contributed by atoms with Crippen molar-refractivity contribution >= 4 is 28.8 Å². The lowest BCUT2D eigenvalue weighted by molar-refractivity contribution is -0.136. The number of amidine groups is 1. The molecule has 1 fully saturated rings. The molecule has 9 heteroatoms. The Balaban J connectivity index is 1.64. The van der Waals surface area contributed by atoms with E-state index in [4.69, 9.17) is 9.47 Å². The van der Waals surface area contributed by atoms with E-state index in [0.717, 1.165) is 19.4 Å². The lowest BCUT2D eigenvalue weighted by Gasteiger charge is -2.36. The highest BCUT2D eigenvalue weighted by Gasteiger charge is 2.42. The standard InChI is InChI=1S/C23H26FN3O4S/c1-3-18-20(22(29)30-2)21(16-8-4-5-9-17(16)24)27-14(13-32-23(27)26-18)11-19(28)25-12-15-7-6-10-31-15/h4-5,8-9,13,15,21H,3,6-7,10-12H2,1-2H3,(H,25,28). The van der Waals surface area contributed by atoms with Crippen LogP contribution in [0.15, 0.2) is 51.6 Å². The molecule has 0 saturated carbocycles. The highest BCUT2D eigenvalue weighted by molar-refractivity contribution is 8.16. The average molecular weight is 460 g/mol. The van der Waals surface area contributed by atoms with E-state index in [2.05, 4.69) is 10.3 Å². The van der Waals surface area contributed by atoms with Gasteiger partial charge in [0.15, 0.2) is 5.17 Å². The Kier molecular flexibility index (Phi) is 6.95. The summed E-state index contributed by atoms with van der Waals surface area (Å²) in [5.41, 5.74) is 1.83. The summed E-state index contributed by atoms with van der Waals surface area (Å²) >= 11 is 1.37. The number of nitrogens with one attached hydrogen (secondary N) is 1. The van der Waals surface area contributed by atoms with E-state index in [1.807, 2.05) is 12.3 Å². The molecule has 0 radical (unpaired) electrons. The maximum absolute atomic E-state index is 14.9. The molecule has 3 heterocycles. The van der Waals surface area contributed by atoms with Gasteiger partial charge in [-0.05, 0) is 30.7 Å². The maximum atomic E-state index is 14.9. The monoisotopic (exact) mass is 459 g/mol. The molecular formula is C23H26FN3O4S. The van der Waals surface area contributed by atoms with Gasteiger partial charge in [-0.15, -0.1) is 0 Å². The van der Waals surface area contributed by atoms with Crippen LogP contribution in [0.2, 0.25) is 0 Å². The Morgan fingerprint density at radius 3 is 2.88 bits per heavy atom. The summed E-state index contributed by atoms with van der Waals surface area (Å²) < 4.78 is 25.5. The number of nitrogens with zero attached hydrogens (tertiary/aromatic N) is 2. The summed E-state index contributed by atoms with van der Waals surface area (Å²) in [6.07, 6.45) is 2.56. The number of amides is 1. The fraction of sp³-hybridized carbons (Fsp3) is 0.435. The van der Waals surface area contributed by atoms with Gasteiger partial charge < -0.3 is 19.7 Å². The molecule has 1 saturated heterocycles. The molecule has 1 aromatic rings. The van der Waals surface area contributed by atoms with E-state index in [0.29, 0.717) is 35.1 Å². The molecule has 1 N–H and O–H groups in total. The van der Waals surface area contributed by atoms with Crippen molar-refractivity contribution in [3.05, 3.63) is 58.0 Å². The van der Waals surface area contributed by atoms with Crippen LogP contribution < -0.4 is 5.32 Å². The van der Waals surface area contributed by atoms with Crippen molar-refractivity contribution in [2.45, 2.75) is 44.8 Å². The highest BCUT2D eigenvalue weighted by atomic mass is 32.2. The van der Waals surface area contributed by atoms with Gasteiger partial charge in [0, 0.05) is 24.4 Å². The van der Waals surface area contributed by atoms with Gasteiger partial charge in [0.1, 0.15) is 5.82 Å². The number of carbonyl (C=O) groups is 2. The molecular weight excluding hydrogens is 433 g/mol. The van der Waals surface area contributed by atoms with E-state index in [-0.39, 0.29) is 24.0 Å². The number of thioether (sulfide) groups is 1. The Morgan fingerprint density at radius 1 is 1.38 bits per heavy atom. The van der Waals surface area contributed by atoms with Gasteiger partial charge in [0.25, 0.3) is 0 Å². The summed E-state index contributed by atoms with van der Waals surface area (Å²) in [6.45, 7) is 3.08. The van der Waals surface area contributed by atoms with Crippen molar-refractivity contribution in [3.63, 3.8) is 0 Å². The van der Waals surface area contributed by atoms with Crippen LogP contribution in [-0.2, 0) is 19.1 Å². The fourth-order valence-electron chi connectivity index (χ4n) is 4.16. The predicted octanol–water partition coefficient (Wildman–Crippen LogP) is 3.65. The molecule has 0 bridgehead atoms. The van der Waals surface area contributed by atoms with E-state index in [9.17, 15) is 14.0 Å². The summed E-state index contributed by atoms with van der Waals surface area (Å²) in [7, 11) is 1.30. The van der Waals surface area contributed by atoms with Crippen LogP contribution in [0.25, 0.3) is 0 Å². The number of hydrogen-bond donors (Lipinski definition) is 1. The van der Waals surface area contributed by atoms with E-state index >= 15 is 0 Å². The minimum Gasteiger partial charge on any atom is -0.466 e. The number of methoxy groups -OCH3 is 1. The first-order valence-electron chi connectivity index (χ1n) is 10.7. The number of aliphatic imine (C=N–C) groups is 1. The van der Waals surface area contributed by atoms with Crippen molar-refractivity contribution in [2.24, 2.45) is 4.99 Å². The van der Waals surface area contributed by atoms with Gasteiger partial charge in [-0.3, -0.25) is 4.79 Å². The van der Waals surface area contributed by atoms with Crippen molar-refractivity contribution in [2.75, 3.05) is 20.3 Å². The van der Waals surface area contributed by atoms with Gasteiger partial charge in [-0.25, -0.2) is 14.2 Å². The number of benzene rings is 1. The number of carbonyl (C=O) groups excluding carboxylic acids is 2. The van der Waals surface area contributed by atoms with Crippen LogP contribution in [0.3, 0.4) is 0 Å². The smallest absolute Gasteiger partial charge is 0.338 e. The van der Waals surface area contributed by atoms with Crippen LogP contribution in [0, 0.1) is 5.82 Å². The second kappa shape index (κ2) is 9.87. The maximum Gasteiger partial charge on any atom is 0.338 e. The number of rotatable bonds is 7. The number of hydrogen-bond acceptors (Lipinski definition) is 7. The van der Waals surface area contributed by atoms with Crippen LogP contribution in [-0.4, -0.2) is 48.3 Å². The van der Waals surface area contributed by atoms with Gasteiger partial charge in [0.2, 0.25) is 5.91 Å². The Labute approximate surface area is 190 Å². The minimum atomic E-state index is -0.765.